The molecule has 2 aromatic carbocycles. The first kappa shape index (κ1) is 12.9. The fraction of sp³-hybridized carbons (Fsp3) is 0.125. The summed E-state index contributed by atoms with van der Waals surface area (Å²) in [6.07, 6.45) is 0. The van der Waals surface area contributed by atoms with Crippen LogP contribution in [0.25, 0.3) is 0 Å². The Hall–Kier alpha value is -2.13. The first-order valence-corrected chi connectivity index (χ1v) is 6.70. The lowest BCUT2D eigenvalue weighted by molar-refractivity contribution is 0.0595. The van der Waals surface area contributed by atoms with Gasteiger partial charge in [0.15, 0.2) is 0 Å². The fourth-order valence-electron chi connectivity index (χ4n) is 2.45. The van der Waals surface area contributed by atoms with E-state index in [9.17, 15) is 9.59 Å². The predicted octanol–water partition coefficient (Wildman–Crippen LogP) is 3.70. The van der Waals surface area contributed by atoms with Crippen molar-refractivity contribution in [3.05, 3.63) is 70.2 Å². The van der Waals surface area contributed by atoms with Gasteiger partial charge in [-0.1, -0.05) is 35.9 Å². The normalized spacial score (nSPS) is 15.4. The van der Waals surface area contributed by atoms with E-state index in [4.69, 9.17) is 11.6 Å². The van der Waals surface area contributed by atoms with Crippen LogP contribution in [0.4, 0.5) is 0 Å². The van der Waals surface area contributed by atoms with Crippen molar-refractivity contribution in [1.82, 2.24) is 4.90 Å². The third kappa shape index (κ3) is 1.91. The van der Waals surface area contributed by atoms with Crippen LogP contribution in [0.5, 0.6) is 0 Å². The second-order valence-corrected chi connectivity index (χ2v) is 5.19. The molecule has 0 aromatic heterocycles. The summed E-state index contributed by atoms with van der Waals surface area (Å²) >= 11 is 5.86. The van der Waals surface area contributed by atoms with Crippen LogP contribution in [0, 0.1) is 0 Å². The highest BCUT2D eigenvalue weighted by Gasteiger charge is 2.38. The summed E-state index contributed by atoms with van der Waals surface area (Å²) in [5.74, 6) is -0.485. The van der Waals surface area contributed by atoms with Gasteiger partial charge < -0.3 is 0 Å². The Labute approximate surface area is 121 Å². The van der Waals surface area contributed by atoms with Crippen molar-refractivity contribution in [2.45, 2.75) is 13.0 Å². The van der Waals surface area contributed by atoms with E-state index in [1.165, 1.54) is 4.90 Å². The molecule has 0 bridgehead atoms. The van der Waals surface area contributed by atoms with Gasteiger partial charge in [0.05, 0.1) is 17.2 Å². The van der Waals surface area contributed by atoms with Crippen molar-refractivity contribution in [2.24, 2.45) is 0 Å². The highest BCUT2D eigenvalue weighted by atomic mass is 35.5. The van der Waals surface area contributed by atoms with Crippen molar-refractivity contribution in [1.29, 1.82) is 0 Å². The molecule has 20 heavy (non-hydrogen) atoms. The third-order valence-electron chi connectivity index (χ3n) is 3.57. The summed E-state index contributed by atoms with van der Waals surface area (Å²) in [6.45, 7) is 1.84. The van der Waals surface area contributed by atoms with Gasteiger partial charge in [-0.2, -0.15) is 0 Å². The van der Waals surface area contributed by atoms with Gasteiger partial charge in [-0.05, 0) is 36.8 Å². The average Bonchev–Trinajstić information content (AvgIpc) is 2.72. The molecule has 0 saturated heterocycles. The average molecular weight is 286 g/mol. The lowest BCUT2D eigenvalue weighted by atomic mass is 10.1. The maximum absolute atomic E-state index is 12.4. The van der Waals surface area contributed by atoms with Crippen LogP contribution in [0.1, 0.15) is 39.2 Å². The van der Waals surface area contributed by atoms with E-state index in [1.54, 1.807) is 36.4 Å². The fourth-order valence-corrected chi connectivity index (χ4v) is 2.58. The SMILES string of the molecule is C[C@@H](c1ccc(Cl)cc1)N1C(=O)c2ccccc2C1=O. The molecule has 1 atom stereocenters. The first-order valence-electron chi connectivity index (χ1n) is 6.32. The molecular formula is C16H12ClNO2. The topological polar surface area (TPSA) is 37.4 Å². The van der Waals surface area contributed by atoms with Crippen LogP contribution < -0.4 is 0 Å². The highest BCUT2D eigenvalue weighted by Crippen LogP contribution is 2.31. The number of nitrogens with zero attached hydrogens (tertiary/aromatic N) is 1. The van der Waals surface area contributed by atoms with Gasteiger partial charge in [0, 0.05) is 5.02 Å². The van der Waals surface area contributed by atoms with Crippen LogP contribution >= 0.6 is 11.6 Å². The predicted molar refractivity (Wildman–Crippen MR) is 76.8 cm³/mol. The number of hydrogen-bond donors (Lipinski definition) is 0. The molecular weight excluding hydrogens is 274 g/mol. The first-order chi connectivity index (χ1) is 9.59. The molecule has 2 amide bonds. The number of rotatable bonds is 2. The van der Waals surface area contributed by atoms with Gasteiger partial charge in [-0.15, -0.1) is 0 Å². The molecule has 0 fully saturated rings. The number of carbonyl (C=O) groups is 2. The van der Waals surface area contributed by atoms with Crippen LogP contribution in [-0.4, -0.2) is 16.7 Å². The highest BCUT2D eigenvalue weighted by molar-refractivity contribution is 6.30. The maximum atomic E-state index is 12.4. The van der Waals surface area contributed by atoms with Gasteiger partial charge in [0.2, 0.25) is 0 Å². The molecule has 1 aliphatic rings. The standard InChI is InChI=1S/C16H12ClNO2/c1-10(11-6-8-12(17)9-7-11)18-15(19)13-4-2-3-5-14(13)16(18)20/h2-10H,1H3/t10-/m0/s1. The van der Waals surface area contributed by atoms with E-state index in [2.05, 4.69) is 0 Å². The van der Waals surface area contributed by atoms with Crippen molar-refractivity contribution in [3.63, 3.8) is 0 Å². The molecule has 100 valence electrons. The Bertz CT molecular complexity index is 659. The van der Waals surface area contributed by atoms with Crippen LogP contribution in [-0.2, 0) is 0 Å². The number of fused-ring (bicyclic) bond motifs is 1. The largest absolute Gasteiger partial charge is 0.269 e. The Morgan fingerprint density at radius 2 is 1.40 bits per heavy atom. The van der Waals surface area contributed by atoms with Crippen LogP contribution in [0.3, 0.4) is 0 Å². The minimum Gasteiger partial charge on any atom is -0.269 e. The molecule has 0 N–H and O–H groups in total. The zero-order valence-corrected chi connectivity index (χ0v) is 11.6. The van der Waals surface area contributed by atoms with Gasteiger partial charge >= 0.3 is 0 Å². The molecule has 0 aliphatic carbocycles. The summed E-state index contributed by atoms with van der Waals surface area (Å²) in [7, 11) is 0. The van der Waals surface area contributed by atoms with Crippen LogP contribution in [0.15, 0.2) is 48.5 Å². The summed E-state index contributed by atoms with van der Waals surface area (Å²) in [5, 5.41) is 0.628. The van der Waals surface area contributed by atoms with E-state index < -0.39 is 0 Å². The number of amides is 2. The molecule has 1 aliphatic heterocycles. The zero-order valence-electron chi connectivity index (χ0n) is 10.8. The minimum atomic E-state index is -0.320. The van der Waals surface area contributed by atoms with Crippen molar-refractivity contribution in [2.75, 3.05) is 0 Å². The van der Waals surface area contributed by atoms with Gasteiger partial charge in [-0.25, -0.2) is 0 Å². The molecule has 1 heterocycles. The Morgan fingerprint density at radius 3 is 1.90 bits per heavy atom. The van der Waals surface area contributed by atoms with Crippen molar-refractivity contribution in [3.8, 4) is 0 Å². The molecule has 3 nitrogen and oxygen atoms in total. The van der Waals surface area contributed by atoms with E-state index in [1.807, 2.05) is 19.1 Å². The van der Waals surface area contributed by atoms with Gasteiger partial charge in [-0.3, -0.25) is 14.5 Å². The maximum Gasteiger partial charge on any atom is 0.262 e. The molecule has 2 aromatic rings. The Kier molecular flexibility index (Phi) is 3.07. The zero-order chi connectivity index (χ0) is 14.3. The van der Waals surface area contributed by atoms with Crippen molar-refractivity contribution >= 4 is 23.4 Å². The number of carbonyl (C=O) groups excluding carboxylic acids is 2. The van der Waals surface area contributed by atoms with Gasteiger partial charge in [0.1, 0.15) is 0 Å². The molecule has 4 heteroatoms. The number of imide groups is 1. The van der Waals surface area contributed by atoms with Crippen molar-refractivity contribution < 1.29 is 9.59 Å². The van der Waals surface area contributed by atoms with Gasteiger partial charge in [0.25, 0.3) is 11.8 Å². The summed E-state index contributed by atoms with van der Waals surface area (Å²) in [4.78, 5) is 26.0. The molecule has 3 rings (SSSR count). The third-order valence-corrected chi connectivity index (χ3v) is 3.82. The number of hydrogen-bond acceptors (Lipinski definition) is 2. The monoisotopic (exact) mass is 285 g/mol. The lowest BCUT2D eigenvalue weighted by Crippen LogP contribution is -2.32. The quantitative estimate of drug-likeness (QED) is 0.789. The summed E-state index contributed by atoms with van der Waals surface area (Å²) in [5.41, 5.74) is 1.82. The Balaban J connectivity index is 1.98. The minimum absolute atomic E-state index is 0.243. The second kappa shape index (κ2) is 4.76. The van der Waals surface area contributed by atoms with E-state index in [0.29, 0.717) is 16.1 Å². The molecule has 0 saturated carbocycles. The summed E-state index contributed by atoms with van der Waals surface area (Å²) < 4.78 is 0. The molecule has 0 radical (unpaired) electrons. The van der Waals surface area contributed by atoms with E-state index in [-0.39, 0.29) is 17.9 Å². The summed E-state index contributed by atoms with van der Waals surface area (Å²) in [6, 6.07) is 13.7. The lowest BCUT2D eigenvalue weighted by Gasteiger charge is -2.22. The number of halogens is 1. The van der Waals surface area contributed by atoms with E-state index in [0.717, 1.165) is 5.56 Å². The molecule has 0 spiro atoms. The molecule has 0 unspecified atom stereocenters. The smallest absolute Gasteiger partial charge is 0.262 e. The van der Waals surface area contributed by atoms with Crippen LogP contribution in [0.2, 0.25) is 5.02 Å². The Morgan fingerprint density at radius 1 is 0.900 bits per heavy atom. The number of benzene rings is 2. The second-order valence-electron chi connectivity index (χ2n) is 4.75. The van der Waals surface area contributed by atoms with E-state index >= 15 is 0 Å².